The fourth-order valence-corrected chi connectivity index (χ4v) is 4.07. The van der Waals surface area contributed by atoms with Gasteiger partial charge in [0.1, 0.15) is 36.0 Å². The van der Waals surface area contributed by atoms with Crippen LogP contribution >= 0.6 is 0 Å². The normalized spacial score (nSPS) is 17.0. The lowest BCUT2D eigenvalue weighted by molar-refractivity contribution is 0.101. The molecule has 0 saturated carbocycles. The maximum atomic E-state index is 13.5. The number of aliphatic hydroxyl groups is 1. The van der Waals surface area contributed by atoms with E-state index in [0.717, 1.165) is 12.1 Å². The molecule has 11 heteroatoms. The van der Waals surface area contributed by atoms with Gasteiger partial charge in [0.15, 0.2) is 11.4 Å². The van der Waals surface area contributed by atoms with Gasteiger partial charge < -0.3 is 19.7 Å². The number of carbonyl (C=O) groups excluding carboxylic acids is 1. The predicted molar refractivity (Wildman–Crippen MR) is 98.9 cm³/mol. The standard InChI is InChI=1S/C18H15FN4O5S/c1-23-9-15-17(28-10-13(3-2-6-24)22-29(15,26)27)16(23)18(25)21-12-4-5-14(19)11(7-12)8-20/h4-5,7,9,13,22,24H,6,10H2,1H3,(H,21,25)/t13-/m1/s1. The number of halogens is 1. The van der Waals surface area contributed by atoms with Gasteiger partial charge in [0.2, 0.25) is 10.0 Å². The second-order valence-corrected chi connectivity index (χ2v) is 7.69. The highest BCUT2D eigenvalue weighted by Crippen LogP contribution is 2.32. The monoisotopic (exact) mass is 418 g/mol. The molecule has 2 aromatic rings. The molecule has 0 spiro atoms. The van der Waals surface area contributed by atoms with E-state index in [9.17, 15) is 17.6 Å². The Morgan fingerprint density at radius 2 is 2.28 bits per heavy atom. The first-order valence-corrected chi connectivity index (χ1v) is 9.70. The first-order chi connectivity index (χ1) is 13.8. The molecule has 2 heterocycles. The summed E-state index contributed by atoms with van der Waals surface area (Å²) < 4.78 is 47.8. The van der Waals surface area contributed by atoms with Crippen LogP contribution in [0.2, 0.25) is 0 Å². The highest BCUT2D eigenvalue weighted by atomic mass is 32.2. The van der Waals surface area contributed by atoms with Gasteiger partial charge >= 0.3 is 0 Å². The van der Waals surface area contributed by atoms with Crippen LogP contribution in [0.5, 0.6) is 5.75 Å². The zero-order valence-electron chi connectivity index (χ0n) is 15.1. The molecule has 1 aromatic carbocycles. The lowest BCUT2D eigenvalue weighted by atomic mass is 10.2. The fraction of sp³-hybridized carbons (Fsp3) is 0.222. The molecule has 150 valence electrons. The summed E-state index contributed by atoms with van der Waals surface area (Å²) in [5.74, 6) is 3.28. The van der Waals surface area contributed by atoms with Gasteiger partial charge in [0.25, 0.3) is 5.91 Å². The molecule has 1 amide bonds. The molecule has 0 aliphatic carbocycles. The largest absolute Gasteiger partial charge is 0.487 e. The molecule has 9 nitrogen and oxygen atoms in total. The molecule has 0 fully saturated rings. The number of anilines is 1. The summed E-state index contributed by atoms with van der Waals surface area (Å²) in [6.45, 7) is -0.624. The van der Waals surface area contributed by atoms with Crippen molar-refractivity contribution in [1.29, 1.82) is 5.26 Å². The number of aryl methyl sites for hydroxylation is 1. The lowest BCUT2D eigenvalue weighted by Crippen LogP contribution is -2.35. The number of ether oxygens (including phenoxy) is 1. The molecule has 29 heavy (non-hydrogen) atoms. The average Bonchev–Trinajstić information content (AvgIpc) is 2.96. The predicted octanol–water partition coefficient (Wildman–Crippen LogP) is 0.323. The van der Waals surface area contributed by atoms with Gasteiger partial charge in [-0.2, -0.15) is 9.98 Å². The zero-order chi connectivity index (χ0) is 21.2. The van der Waals surface area contributed by atoms with Crippen molar-refractivity contribution >= 4 is 21.6 Å². The third-order valence-electron chi connectivity index (χ3n) is 4.00. The van der Waals surface area contributed by atoms with Crippen LogP contribution in [0.4, 0.5) is 10.1 Å². The molecule has 0 unspecified atom stereocenters. The van der Waals surface area contributed by atoms with Crippen molar-refractivity contribution < 1.29 is 27.4 Å². The number of nitriles is 1. The van der Waals surface area contributed by atoms with Crippen LogP contribution < -0.4 is 14.8 Å². The Labute approximate surface area is 165 Å². The third kappa shape index (κ3) is 4.07. The maximum absolute atomic E-state index is 13.5. The Bertz CT molecular complexity index is 1190. The summed E-state index contributed by atoms with van der Waals surface area (Å²) >= 11 is 0. The van der Waals surface area contributed by atoms with Crippen LogP contribution in [0.3, 0.4) is 0 Å². The van der Waals surface area contributed by atoms with Crippen molar-refractivity contribution in [3.63, 3.8) is 0 Å². The Morgan fingerprint density at radius 3 is 2.97 bits per heavy atom. The Hall–Kier alpha value is -3.38. The SMILES string of the molecule is Cn1cc2c(c1C(=O)Nc1ccc(F)c(C#N)c1)OC[C@@H](C#CCO)NS2(=O)=O. The number of rotatable bonds is 2. The van der Waals surface area contributed by atoms with Crippen LogP contribution in [0.1, 0.15) is 16.1 Å². The van der Waals surface area contributed by atoms with Gasteiger partial charge in [-0.15, -0.1) is 0 Å². The minimum absolute atomic E-state index is 0.0797. The summed E-state index contributed by atoms with van der Waals surface area (Å²) in [6.07, 6.45) is 1.22. The molecular formula is C18H15FN4O5S. The minimum atomic E-state index is -4.04. The quantitative estimate of drug-likeness (QED) is 0.602. The first-order valence-electron chi connectivity index (χ1n) is 8.21. The second-order valence-electron chi connectivity index (χ2n) is 6.01. The molecule has 0 radical (unpaired) electrons. The first kappa shape index (κ1) is 20.4. The van der Waals surface area contributed by atoms with Gasteiger partial charge in [0, 0.05) is 18.9 Å². The van der Waals surface area contributed by atoms with Crippen molar-refractivity contribution in [2.45, 2.75) is 10.9 Å². The number of fused-ring (bicyclic) bond motifs is 1. The van der Waals surface area contributed by atoms with Crippen LogP contribution in [-0.2, 0) is 17.1 Å². The zero-order valence-corrected chi connectivity index (χ0v) is 15.9. The molecule has 1 aliphatic rings. The van der Waals surface area contributed by atoms with Gasteiger partial charge in [-0.25, -0.2) is 12.8 Å². The molecule has 1 aliphatic heterocycles. The minimum Gasteiger partial charge on any atom is -0.487 e. The van der Waals surface area contributed by atoms with Crippen LogP contribution in [-0.4, -0.2) is 43.3 Å². The van der Waals surface area contributed by atoms with Gasteiger partial charge in [-0.1, -0.05) is 11.8 Å². The molecule has 1 aromatic heterocycles. The number of nitrogens with one attached hydrogen (secondary N) is 2. The number of carbonyl (C=O) groups is 1. The van der Waals surface area contributed by atoms with E-state index < -0.39 is 34.4 Å². The smallest absolute Gasteiger partial charge is 0.276 e. The summed E-state index contributed by atoms with van der Waals surface area (Å²) in [5.41, 5.74) is -0.171. The number of hydrogen-bond acceptors (Lipinski definition) is 6. The van der Waals surface area contributed by atoms with E-state index in [1.807, 2.05) is 0 Å². The summed E-state index contributed by atoms with van der Waals surface area (Å²) in [5, 5.41) is 20.2. The van der Waals surface area contributed by atoms with Crippen molar-refractivity contribution in [3.8, 4) is 23.7 Å². The summed E-state index contributed by atoms with van der Waals surface area (Å²) in [7, 11) is -2.57. The number of amides is 1. The number of hydrogen-bond donors (Lipinski definition) is 3. The highest BCUT2D eigenvalue weighted by Gasteiger charge is 2.34. The second kappa shape index (κ2) is 7.93. The number of aliphatic hydroxyl groups excluding tert-OH is 1. The average molecular weight is 418 g/mol. The summed E-state index contributed by atoms with van der Waals surface area (Å²) in [4.78, 5) is 12.5. The van der Waals surface area contributed by atoms with Gasteiger partial charge in [-0.3, -0.25) is 4.79 Å². The highest BCUT2D eigenvalue weighted by molar-refractivity contribution is 7.89. The number of sulfonamides is 1. The lowest BCUT2D eigenvalue weighted by Gasteiger charge is -2.11. The Morgan fingerprint density at radius 1 is 1.52 bits per heavy atom. The van der Waals surface area contributed by atoms with E-state index >= 15 is 0 Å². The van der Waals surface area contributed by atoms with Crippen LogP contribution in [0, 0.1) is 29.0 Å². The van der Waals surface area contributed by atoms with E-state index in [-0.39, 0.29) is 34.2 Å². The maximum Gasteiger partial charge on any atom is 0.276 e. The van der Waals surface area contributed by atoms with Crippen LogP contribution in [0.25, 0.3) is 0 Å². The number of aromatic nitrogens is 1. The number of benzene rings is 1. The Balaban J connectivity index is 1.96. The summed E-state index contributed by atoms with van der Waals surface area (Å²) in [6, 6.07) is 4.24. The fourth-order valence-electron chi connectivity index (χ4n) is 2.74. The van der Waals surface area contributed by atoms with Gasteiger partial charge in [0.05, 0.1) is 5.56 Å². The van der Waals surface area contributed by atoms with E-state index in [2.05, 4.69) is 21.9 Å². The third-order valence-corrected chi connectivity index (χ3v) is 5.46. The molecule has 0 saturated heterocycles. The molecule has 1 atom stereocenters. The molecule has 0 bridgehead atoms. The molecule has 3 rings (SSSR count). The Kier molecular flexibility index (Phi) is 5.57. The topological polar surface area (TPSA) is 133 Å². The van der Waals surface area contributed by atoms with E-state index in [1.165, 1.54) is 23.9 Å². The van der Waals surface area contributed by atoms with Crippen molar-refractivity contribution in [1.82, 2.24) is 9.29 Å². The number of nitrogens with zero attached hydrogens (tertiary/aromatic N) is 2. The molecule has 3 N–H and O–H groups in total. The van der Waals surface area contributed by atoms with Crippen LogP contribution in [0.15, 0.2) is 29.3 Å². The molecular weight excluding hydrogens is 403 g/mol. The van der Waals surface area contributed by atoms with Crippen molar-refractivity contribution in [3.05, 3.63) is 41.5 Å². The van der Waals surface area contributed by atoms with Gasteiger partial charge in [-0.05, 0) is 18.2 Å². The van der Waals surface area contributed by atoms with Crippen molar-refractivity contribution in [2.24, 2.45) is 7.05 Å². The van der Waals surface area contributed by atoms with E-state index in [4.69, 9.17) is 15.1 Å². The van der Waals surface area contributed by atoms with E-state index in [1.54, 1.807) is 6.07 Å². The van der Waals surface area contributed by atoms with Crippen molar-refractivity contribution in [2.75, 3.05) is 18.5 Å². The van der Waals surface area contributed by atoms with E-state index in [0.29, 0.717) is 0 Å².